The quantitative estimate of drug-likeness (QED) is 0.557. The Morgan fingerprint density at radius 2 is 2.38 bits per heavy atom. The first-order valence-electron chi connectivity index (χ1n) is 5.57. The lowest BCUT2D eigenvalue weighted by Gasteiger charge is -2.22. The monoisotopic (exact) mass is 178 g/mol. The third-order valence-corrected chi connectivity index (χ3v) is 3.05. The molecule has 0 fully saturated rings. The van der Waals surface area contributed by atoms with Crippen LogP contribution in [-0.2, 0) is 0 Å². The van der Waals surface area contributed by atoms with Crippen LogP contribution in [0, 0.1) is 5.92 Å². The van der Waals surface area contributed by atoms with Crippen LogP contribution in [0.15, 0.2) is 23.8 Å². The van der Waals surface area contributed by atoms with E-state index in [0.717, 1.165) is 5.92 Å². The minimum absolute atomic E-state index is 0.769. The van der Waals surface area contributed by atoms with E-state index in [0.29, 0.717) is 0 Å². The van der Waals surface area contributed by atoms with Crippen molar-refractivity contribution >= 4 is 0 Å². The van der Waals surface area contributed by atoms with Crippen molar-refractivity contribution in [2.75, 3.05) is 0 Å². The van der Waals surface area contributed by atoms with E-state index >= 15 is 0 Å². The maximum absolute atomic E-state index is 4.04. The Bertz CT molecular complexity index is 198. The predicted octanol–water partition coefficient (Wildman–Crippen LogP) is 4.48. The summed E-state index contributed by atoms with van der Waals surface area (Å²) in [5.41, 5.74) is 3.06. The molecule has 0 bridgehead atoms. The van der Waals surface area contributed by atoms with Gasteiger partial charge in [0.05, 0.1) is 0 Å². The van der Waals surface area contributed by atoms with Crippen molar-refractivity contribution in [1.29, 1.82) is 0 Å². The summed E-state index contributed by atoms with van der Waals surface area (Å²) in [6.07, 6.45) is 10.4. The van der Waals surface area contributed by atoms with Crippen LogP contribution in [0.5, 0.6) is 0 Å². The molecule has 0 saturated carbocycles. The van der Waals surface area contributed by atoms with E-state index in [2.05, 4.69) is 26.5 Å². The third-order valence-electron chi connectivity index (χ3n) is 3.05. The molecule has 13 heavy (non-hydrogen) atoms. The molecule has 1 aliphatic rings. The van der Waals surface area contributed by atoms with Crippen LogP contribution < -0.4 is 0 Å². The highest BCUT2D eigenvalue weighted by atomic mass is 14.2. The van der Waals surface area contributed by atoms with Crippen LogP contribution in [0.4, 0.5) is 0 Å². The first-order chi connectivity index (χ1) is 6.24. The van der Waals surface area contributed by atoms with Crippen molar-refractivity contribution in [3.63, 3.8) is 0 Å². The molecule has 0 radical (unpaired) electrons. The lowest BCUT2D eigenvalue weighted by Crippen LogP contribution is -2.06. The van der Waals surface area contributed by atoms with E-state index in [1.165, 1.54) is 44.1 Å². The van der Waals surface area contributed by atoms with E-state index in [4.69, 9.17) is 0 Å². The predicted molar refractivity (Wildman–Crippen MR) is 59.8 cm³/mol. The summed E-state index contributed by atoms with van der Waals surface area (Å²) in [6, 6.07) is 0. The molecule has 0 unspecified atom stereocenters. The zero-order chi connectivity index (χ0) is 9.68. The summed E-state index contributed by atoms with van der Waals surface area (Å²) in [5, 5.41) is 0. The average Bonchev–Trinajstić information content (AvgIpc) is 2.15. The zero-order valence-corrected chi connectivity index (χ0v) is 9.10. The van der Waals surface area contributed by atoms with Crippen LogP contribution in [0.25, 0.3) is 0 Å². The maximum atomic E-state index is 4.04. The highest BCUT2D eigenvalue weighted by molar-refractivity contribution is 5.11. The minimum Gasteiger partial charge on any atom is -0.0998 e. The van der Waals surface area contributed by atoms with Gasteiger partial charge in [0.1, 0.15) is 0 Å². The van der Waals surface area contributed by atoms with Crippen LogP contribution in [0.2, 0.25) is 0 Å². The fraction of sp³-hybridized carbons (Fsp3) is 0.692. The van der Waals surface area contributed by atoms with Crippen molar-refractivity contribution < 1.29 is 0 Å². The van der Waals surface area contributed by atoms with Crippen molar-refractivity contribution in [3.8, 4) is 0 Å². The fourth-order valence-corrected chi connectivity index (χ4v) is 1.97. The zero-order valence-electron chi connectivity index (χ0n) is 9.10. The summed E-state index contributed by atoms with van der Waals surface area (Å²) < 4.78 is 0. The summed E-state index contributed by atoms with van der Waals surface area (Å²) >= 11 is 0. The Balaban J connectivity index is 2.34. The first-order valence-corrected chi connectivity index (χ1v) is 5.57. The normalized spacial score (nSPS) is 22.6. The van der Waals surface area contributed by atoms with Crippen LogP contribution in [0.1, 0.15) is 52.4 Å². The minimum atomic E-state index is 0.769. The SMILES string of the molecule is C=C(C)[C@@H]1CC=C(CCCC)CC1. The molecule has 0 heterocycles. The lowest BCUT2D eigenvalue weighted by molar-refractivity contribution is 0.527. The maximum Gasteiger partial charge on any atom is -0.0171 e. The van der Waals surface area contributed by atoms with Gasteiger partial charge in [0, 0.05) is 0 Å². The van der Waals surface area contributed by atoms with Gasteiger partial charge in [0.25, 0.3) is 0 Å². The molecule has 74 valence electrons. The number of hydrogen-bond acceptors (Lipinski definition) is 0. The van der Waals surface area contributed by atoms with Gasteiger partial charge in [0.15, 0.2) is 0 Å². The van der Waals surface area contributed by atoms with Gasteiger partial charge in [0.2, 0.25) is 0 Å². The molecule has 0 aliphatic heterocycles. The molecule has 0 heteroatoms. The highest BCUT2D eigenvalue weighted by Gasteiger charge is 2.13. The van der Waals surface area contributed by atoms with Gasteiger partial charge in [-0.25, -0.2) is 0 Å². The fourth-order valence-electron chi connectivity index (χ4n) is 1.97. The molecule has 1 atom stereocenters. The Kier molecular flexibility index (Phi) is 4.27. The van der Waals surface area contributed by atoms with Crippen molar-refractivity contribution in [2.45, 2.75) is 52.4 Å². The van der Waals surface area contributed by atoms with Gasteiger partial charge >= 0.3 is 0 Å². The van der Waals surface area contributed by atoms with Crippen molar-refractivity contribution in [2.24, 2.45) is 5.92 Å². The average molecular weight is 178 g/mol. The summed E-state index contributed by atoms with van der Waals surface area (Å²) in [6.45, 7) is 8.46. The van der Waals surface area contributed by atoms with Gasteiger partial charge < -0.3 is 0 Å². The molecule has 1 aliphatic carbocycles. The molecule has 0 N–H and O–H groups in total. The summed E-state index contributed by atoms with van der Waals surface area (Å²) in [5.74, 6) is 0.769. The number of rotatable bonds is 4. The smallest absolute Gasteiger partial charge is 0.0171 e. The Labute approximate surface area is 82.7 Å². The number of hydrogen-bond donors (Lipinski definition) is 0. The largest absolute Gasteiger partial charge is 0.0998 e. The third kappa shape index (κ3) is 3.38. The van der Waals surface area contributed by atoms with E-state index in [-0.39, 0.29) is 0 Å². The van der Waals surface area contributed by atoms with E-state index < -0.39 is 0 Å². The molecular formula is C13H22. The van der Waals surface area contributed by atoms with Gasteiger partial charge in [-0.2, -0.15) is 0 Å². The second-order valence-electron chi connectivity index (χ2n) is 4.28. The summed E-state index contributed by atoms with van der Waals surface area (Å²) in [7, 11) is 0. The van der Waals surface area contributed by atoms with Crippen LogP contribution in [0.3, 0.4) is 0 Å². The Morgan fingerprint density at radius 1 is 1.62 bits per heavy atom. The number of unbranched alkanes of at least 4 members (excludes halogenated alkanes) is 1. The Morgan fingerprint density at radius 3 is 2.85 bits per heavy atom. The molecule has 0 nitrogen and oxygen atoms in total. The summed E-state index contributed by atoms with van der Waals surface area (Å²) in [4.78, 5) is 0. The molecule has 0 aromatic carbocycles. The van der Waals surface area contributed by atoms with E-state index in [1.54, 1.807) is 5.57 Å². The molecule has 0 saturated heterocycles. The molecule has 0 amide bonds. The van der Waals surface area contributed by atoms with Gasteiger partial charge in [-0.15, -0.1) is 0 Å². The van der Waals surface area contributed by atoms with Crippen molar-refractivity contribution in [3.05, 3.63) is 23.8 Å². The topological polar surface area (TPSA) is 0 Å². The molecule has 0 aromatic heterocycles. The molecule has 1 rings (SSSR count). The second kappa shape index (κ2) is 5.26. The standard InChI is InChI=1S/C13H22/c1-4-5-6-12-7-9-13(10-8-12)11(2)3/h7,13H,2,4-6,8-10H2,1,3H3/t13-/m1/s1. The first kappa shape index (κ1) is 10.6. The second-order valence-corrected chi connectivity index (χ2v) is 4.28. The van der Waals surface area contributed by atoms with Gasteiger partial charge in [-0.3, -0.25) is 0 Å². The van der Waals surface area contributed by atoms with E-state index in [1.807, 2.05) is 0 Å². The molecule has 0 spiro atoms. The molecule has 0 aromatic rings. The van der Waals surface area contributed by atoms with E-state index in [9.17, 15) is 0 Å². The van der Waals surface area contributed by atoms with Gasteiger partial charge in [-0.05, 0) is 44.9 Å². The van der Waals surface area contributed by atoms with Crippen molar-refractivity contribution in [1.82, 2.24) is 0 Å². The highest BCUT2D eigenvalue weighted by Crippen LogP contribution is 2.30. The van der Waals surface area contributed by atoms with Crippen LogP contribution >= 0.6 is 0 Å². The number of allylic oxidation sites excluding steroid dienone is 3. The lowest BCUT2D eigenvalue weighted by atomic mass is 9.84. The Hall–Kier alpha value is -0.520. The molecular weight excluding hydrogens is 156 g/mol. The van der Waals surface area contributed by atoms with Gasteiger partial charge in [-0.1, -0.05) is 37.1 Å². The van der Waals surface area contributed by atoms with Crippen LogP contribution in [-0.4, -0.2) is 0 Å².